The summed E-state index contributed by atoms with van der Waals surface area (Å²) in [7, 11) is -1.31. The van der Waals surface area contributed by atoms with E-state index in [2.05, 4.69) is 34.9 Å². The number of halogens is 2. The number of amides is 1. The van der Waals surface area contributed by atoms with Crippen molar-refractivity contribution in [2.24, 2.45) is 10.4 Å². The Morgan fingerprint density at radius 2 is 1.75 bits per heavy atom. The number of anilines is 1. The molecule has 0 bridgehead atoms. The van der Waals surface area contributed by atoms with Crippen LogP contribution in [0.1, 0.15) is 38.1 Å². The first-order valence-corrected chi connectivity index (χ1v) is 21.1. The number of fused-ring (bicyclic) bond motifs is 1. The highest BCUT2D eigenvalue weighted by Crippen LogP contribution is 2.40. The highest BCUT2D eigenvalue weighted by atomic mass is 28.3. The third kappa shape index (κ3) is 8.77. The molecule has 0 unspecified atom stereocenters. The number of aliphatic imine (C=N–C) groups is 1. The number of hydrogen-bond donors (Lipinski definition) is 1. The van der Waals surface area contributed by atoms with E-state index >= 15 is 8.78 Å². The largest absolute Gasteiger partial charge is 0.464 e. The fraction of sp³-hybridized carbons (Fsp3) is 0.447. The van der Waals surface area contributed by atoms with Gasteiger partial charge >= 0.3 is 0 Å². The monoisotopic (exact) mass is 719 g/mol. The molecular weight excluding hydrogens is 673 g/mol. The molecular formula is C38H47F2N5O5Si. The van der Waals surface area contributed by atoms with Crippen LogP contribution in [0.2, 0.25) is 25.7 Å². The SMILES string of the molecule is C[C@@H]1CN(C(=O)c2ccc(-c3cn(COCC[Si](C)(C)C)c4nccc(Oc5c(F)cc(NC6=NCC(C)(C)CO6)cc5F)c34)cc2)C[C@H](C)O1. The molecule has 2 aromatic carbocycles. The van der Waals surface area contributed by atoms with Crippen LogP contribution >= 0.6 is 0 Å². The Hall–Kier alpha value is -4.33. The molecule has 10 nitrogen and oxygen atoms in total. The standard InChI is InChI=1S/C38H47F2N5O5Si/c1-24-18-44(19-25(2)49-24)36(46)27-10-8-26(9-11-27)29-20-45(23-47-14-15-51(5,6)7)35-33(29)32(12-13-41-35)50-34-30(39)16-28(17-31(34)40)43-37-42-21-38(3,4)22-48-37/h8-13,16-17,20,24-25H,14-15,18-19,21-23H2,1-7H3,(H,42,43)/t24-,25+. The zero-order valence-electron chi connectivity index (χ0n) is 30.4. The van der Waals surface area contributed by atoms with E-state index in [-0.39, 0.29) is 47.7 Å². The number of nitrogens with one attached hydrogen (secondary N) is 1. The lowest BCUT2D eigenvalue weighted by Gasteiger charge is -2.35. The van der Waals surface area contributed by atoms with Crippen LogP contribution in [0, 0.1) is 17.0 Å². The molecule has 2 aliphatic rings. The quantitative estimate of drug-likeness (QED) is 0.130. The van der Waals surface area contributed by atoms with E-state index in [1.54, 1.807) is 18.2 Å². The van der Waals surface area contributed by atoms with Crippen LogP contribution in [-0.4, -0.2) is 79.5 Å². The number of hydrogen-bond acceptors (Lipinski definition) is 8. The number of carbonyl (C=O) groups excluding carboxylic acids is 1. The van der Waals surface area contributed by atoms with E-state index in [9.17, 15) is 4.79 Å². The van der Waals surface area contributed by atoms with Crippen molar-refractivity contribution in [3.05, 3.63) is 72.1 Å². The molecule has 0 aliphatic carbocycles. The molecule has 2 atom stereocenters. The Labute approximate surface area is 298 Å². The lowest BCUT2D eigenvalue weighted by Crippen LogP contribution is -2.48. The Morgan fingerprint density at radius 3 is 2.37 bits per heavy atom. The van der Waals surface area contributed by atoms with Gasteiger partial charge in [0.2, 0.25) is 0 Å². The number of amidine groups is 1. The maximum Gasteiger partial charge on any atom is 0.289 e. The minimum Gasteiger partial charge on any atom is -0.464 e. The normalized spacial score (nSPS) is 19.1. The van der Waals surface area contributed by atoms with E-state index in [0.717, 1.165) is 23.7 Å². The van der Waals surface area contributed by atoms with Crippen molar-refractivity contribution >= 4 is 36.7 Å². The maximum absolute atomic E-state index is 15.6. The Bertz CT molecular complexity index is 1890. The Morgan fingerprint density at radius 1 is 1.06 bits per heavy atom. The molecule has 0 spiro atoms. The van der Waals surface area contributed by atoms with Crippen LogP contribution in [0.15, 0.2) is 59.9 Å². The smallest absolute Gasteiger partial charge is 0.289 e. The van der Waals surface area contributed by atoms with Crippen LogP contribution in [0.5, 0.6) is 11.5 Å². The molecule has 2 aliphatic heterocycles. The summed E-state index contributed by atoms with van der Waals surface area (Å²) in [5.74, 6) is -2.20. The van der Waals surface area contributed by atoms with Crippen molar-refractivity contribution in [1.82, 2.24) is 14.5 Å². The van der Waals surface area contributed by atoms with Gasteiger partial charge in [-0.2, -0.15) is 0 Å². The molecule has 1 N–H and O–H groups in total. The lowest BCUT2D eigenvalue weighted by molar-refractivity contribution is -0.0586. The molecule has 4 aromatic rings. The number of carbonyl (C=O) groups is 1. The number of benzene rings is 2. The van der Waals surface area contributed by atoms with Crippen molar-refractivity contribution in [2.75, 3.05) is 38.2 Å². The third-order valence-corrected chi connectivity index (χ3v) is 10.5. The lowest BCUT2D eigenvalue weighted by atomic mass is 9.95. The fourth-order valence-corrected chi connectivity index (χ4v) is 6.88. The molecule has 2 aromatic heterocycles. The number of nitrogens with zero attached hydrogens (tertiary/aromatic N) is 4. The first-order chi connectivity index (χ1) is 24.2. The summed E-state index contributed by atoms with van der Waals surface area (Å²) >= 11 is 0. The summed E-state index contributed by atoms with van der Waals surface area (Å²) in [5, 5.41) is 3.41. The molecule has 0 radical (unpaired) electrons. The van der Waals surface area contributed by atoms with Gasteiger partial charge in [0.25, 0.3) is 11.9 Å². The van der Waals surface area contributed by atoms with Gasteiger partial charge in [-0.3, -0.25) is 4.79 Å². The zero-order chi connectivity index (χ0) is 36.5. The van der Waals surface area contributed by atoms with E-state index in [4.69, 9.17) is 18.9 Å². The molecule has 51 heavy (non-hydrogen) atoms. The molecule has 272 valence electrons. The van der Waals surface area contributed by atoms with E-state index < -0.39 is 25.5 Å². The molecule has 6 rings (SSSR count). The first-order valence-electron chi connectivity index (χ1n) is 17.4. The van der Waals surface area contributed by atoms with Crippen molar-refractivity contribution in [1.29, 1.82) is 0 Å². The van der Waals surface area contributed by atoms with E-state index in [1.807, 2.05) is 55.5 Å². The van der Waals surface area contributed by atoms with Crippen LogP contribution in [-0.2, 0) is 20.9 Å². The molecule has 1 saturated heterocycles. The van der Waals surface area contributed by atoms with Crippen molar-refractivity contribution in [3.8, 4) is 22.6 Å². The summed E-state index contributed by atoms with van der Waals surface area (Å²) in [6.45, 7) is 17.7. The highest BCUT2D eigenvalue weighted by Gasteiger charge is 2.28. The summed E-state index contributed by atoms with van der Waals surface area (Å²) < 4.78 is 56.5. The van der Waals surface area contributed by atoms with Crippen LogP contribution in [0.3, 0.4) is 0 Å². The third-order valence-electron chi connectivity index (χ3n) is 8.81. The van der Waals surface area contributed by atoms with Crippen molar-refractivity contribution < 1.29 is 32.5 Å². The minimum absolute atomic E-state index is 0.0444. The van der Waals surface area contributed by atoms with Gasteiger partial charge in [0, 0.05) is 74.5 Å². The molecule has 1 fully saturated rings. The number of ether oxygens (including phenoxy) is 4. The van der Waals surface area contributed by atoms with Gasteiger partial charge in [-0.25, -0.2) is 18.8 Å². The predicted molar refractivity (Wildman–Crippen MR) is 197 cm³/mol. The first kappa shape index (κ1) is 36.5. The topological polar surface area (TPSA) is 99.4 Å². The second-order valence-corrected chi connectivity index (χ2v) is 21.1. The van der Waals surface area contributed by atoms with E-state index in [0.29, 0.717) is 55.0 Å². The molecule has 13 heteroatoms. The second-order valence-electron chi connectivity index (χ2n) is 15.5. The van der Waals surface area contributed by atoms with E-state index in [1.165, 1.54) is 6.20 Å². The van der Waals surface area contributed by atoms with Gasteiger partial charge < -0.3 is 33.7 Å². The van der Waals surface area contributed by atoms with Crippen LogP contribution in [0.25, 0.3) is 22.2 Å². The molecule has 4 heterocycles. The fourth-order valence-electron chi connectivity index (χ4n) is 6.13. The van der Waals surface area contributed by atoms with Gasteiger partial charge in [-0.1, -0.05) is 45.6 Å². The molecule has 0 saturated carbocycles. The van der Waals surface area contributed by atoms with Crippen molar-refractivity contribution in [2.45, 2.75) is 72.3 Å². The highest BCUT2D eigenvalue weighted by molar-refractivity contribution is 6.76. The van der Waals surface area contributed by atoms with Crippen LogP contribution in [0.4, 0.5) is 14.5 Å². The van der Waals surface area contributed by atoms with Crippen LogP contribution < -0.4 is 10.1 Å². The van der Waals surface area contributed by atoms with Gasteiger partial charge in [0.05, 0.1) is 30.7 Å². The average Bonchev–Trinajstić information content (AvgIpc) is 3.44. The van der Waals surface area contributed by atoms with Crippen molar-refractivity contribution in [3.63, 3.8) is 0 Å². The Kier molecular flexibility index (Phi) is 10.5. The predicted octanol–water partition coefficient (Wildman–Crippen LogP) is 8.16. The zero-order valence-corrected chi connectivity index (χ0v) is 31.4. The van der Waals surface area contributed by atoms with Gasteiger partial charge in [-0.05, 0) is 43.7 Å². The van der Waals surface area contributed by atoms with Gasteiger partial charge in [0.1, 0.15) is 18.1 Å². The van der Waals surface area contributed by atoms with Gasteiger partial charge in [0.15, 0.2) is 17.4 Å². The Balaban J connectivity index is 1.31. The number of rotatable bonds is 10. The number of aromatic nitrogens is 2. The maximum atomic E-state index is 15.6. The summed E-state index contributed by atoms with van der Waals surface area (Å²) in [5.41, 5.74) is 2.60. The minimum atomic E-state index is -1.31. The van der Waals surface area contributed by atoms with Gasteiger partial charge in [-0.15, -0.1) is 0 Å². The number of pyridine rings is 1. The summed E-state index contributed by atoms with van der Waals surface area (Å²) in [4.78, 5) is 24.2. The number of morpholine rings is 1. The summed E-state index contributed by atoms with van der Waals surface area (Å²) in [6.07, 6.45) is 3.35. The summed E-state index contributed by atoms with van der Waals surface area (Å²) in [6, 6.07) is 12.4. The second kappa shape index (κ2) is 14.7. The molecule has 1 amide bonds. The average molecular weight is 720 g/mol.